The van der Waals surface area contributed by atoms with Crippen LogP contribution in [-0.4, -0.2) is 16.4 Å². The van der Waals surface area contributed by atoms with Crippen molar-refractivity contribution in [1.82, 2.24) is 0 Å². The standard InChI is InChI=1S/C6H14OS/c1-4-5(2)6(7)8-3/h5,7-8H,4H2,1-3H3. The minimum Gasteiger partial charge on any atom is -0.359 e. The van der Waals surface area contributed by atoms with Crippen molar-refractivity contribution in [3.63, 3.8) is 0 Å². The lowest BCUT2D eigenvalue weighted by molar-refractivity contribution is 0.504. The van der Waals surface area contributed by atoms with Gasteiger partial charge in [-0.15, -0.1) is 0 Å². The van der Waals surface area contributed by atoms with Crippen LogP contribution >= 0.6 is 11.4 Å². The fraction of sp³-hybridized carbons (Fsp3) is 0.833. The molecule has 2 heteroatoms. The molecule has 0 radical (unpaired) electrons. The van der Waals surface area contributed by atoms with Crippen LogP contribution in [0.3, 0.4) is 0 Å². The van der Waals surface area contributed by atoms with Gasteiger partial charge in [0.05, 0.1) is 5.05 Å². The smallest absolute Gasteiger partial charge is 0.0720 e. The van der Waals surface area contributed by atoms with E-state index in [1.54, 1.807) is 0 Å². The van der Waals surface area contributed by atoms with E-state index in [2.05, 4.69) is 6.92 Å². The largest absolute Gasteiger partial charge is 0.359 e. The maximum absolute atomic E-state index is 9.03. The van der Waals surface area contributed by atoms with E-state index >= 15 is 0 Å². The van der Waals surface area contributed by atoms with Gasteiger partial charge in [-0.1, -0.05) is 13.8 Å². The average Bonchev–Trinajstić information content (AvgIpc) is 1.84. The third-order valence-corrected chi connectivity index (χ3v) is 2.18. The maximum Gasteiger partial charge on any atom is 0.0720 e. The van der Waals surface area contributed by atoms with Crippen molar-refractivity contribution in [3.05, 3.63) is 0 Å². The van der Waals surface area contributed by atoms with E-state index in [1.165, 1.54) is 0 Å². The summed E-state index contributed by atoms with van der Waals surface area (Å²) in [4.78, 5) is 0. The van der Waals surface area contributed by atoms with Crippen LogP contribution in [0.25, 0.3) is 0 Å². The van der Waals surface area contributed by atoms with E-state index in [4.69, 9.17) is 5.11 Å². The number of hydrogen-bond acceptors (Lipinski definition) is 0. The summed E-state index contributed by atoms with van der Waals surface area (Å²) in [5.41, 5.74) is 0. The van der Waals surface area contributed by atoms with Crippen molar-refractivity contribution in [2.45, 2.75) is 20.3 Å². The fourth-order valence-electron chi connectivity index (χ4n) is 0.403. The summed E-state index contributed by atoms with van der Waals surface area (Å²) in [6, 6.07) is 0. The first-order valence-electron chi connectivity index (χ1n) is 2.88. The molecule has 0 saturated carbocycles. The molecule has 1 atom stereocenters. The molecular weight excluding hydrogens is 120 g/mol. The predicted molar refractivity (Wildman–Crippen MR) is 42.0 cm³/mol. The Morgan fingerprint density at radius 2 is 2.25 bits per heavy atom. The third kappa shape index (κ3) is 2.48. The summed E-state index contributed by atoms with van der Waals surface area (Å²) >= 11 is 1.01. The molecule has 0 aromatic heterocycles. The van der Waals surface area contributed by atoms with Crippen LogP contribution in [0.15, 0.2) is 0 Å². The van der Waals surface area contributed by atoms with Crippen LogP contribution in [0.5, 0.6) is 0 Å². The van der Waals surface area contributed by atoms with Gasteiger partial charge in [-0.05, 0) is 12.7 Å². The first-order chi connectivity index (χ1) is 3.72. The van der Waals surface area contributed by atoms with Gasteiger partial charge in [-0.25, -0.2) is 0 Å². The summed E-state index contributed by atoms with van der Waals surface area (Å²) in [6.07, 6.45) is 2.98. The summed E-state index contributed by atoms with van der Waals surface area (Å²) in [7, 11) is 0. The van der Waals surface area contributed by atoms with E-state index in [9.17, 15) is 0 Å². The zero-order valence-corrected chi connectivity index (χ0v) is 6.57. The van der Waals surface area contributed by atoms with Gasteiger partial charge in [0.2, 0.25) is 0 Å². The van der Waals surface area contributed by atoms with Crippen molar-refractivity contribution in [3.8, 4) is 0 Å². The van der Waals surface area contributed by atoms with Crippen molar-refractivity contribution >= 4 is 16.4 Å². The maximum atomic E-state index is 9.03. The van der Waals surface area contributed by atoms with Gasteiger partial charge >= 0.3 is 0 Å². The van der Waals surface area contributed by atoms with Gasteiger partial charge in [0.15, 0.2) is 0 Å². The number of rotatable bonds is 2. The molecule has 0 aliphatic carbocycles. The Labute approximate surface area is 54.7 Å². The van der Waals surface area contributed by atoms with E-state index in [-0.39, 0.29) is 0 Å². The Hall–Kier alpha value is 0.180. The second-order valence-electron chi connectivity index (χ2n) is 1.89. The van der Waals surface area contributed by atoms with Crippen molar-refractivity contribution in [2.24, 2.45) is 5.92 Å². The molecule has 1 N–H and O–H groups in total. The molecule has 0 aromatic rings. The van der Waals surface area contributed by atoms with E-state index in [1.807, 2.05) is 13.2 Å². The second kappa shape index (κ2) is 4.10. The monoisotopic (exact) mass is 134 g/mol. The Kier molecular flexibility index (Phi) is 4.19. The van der Waals surface area contributed by atoms with Crippen LogP contribution < -0.4 is 0 Å². The fourth-order valence-corrected chi connectivity index (χ4v) is 1.03. The number of aliphatic hydroxyl groups is 1. The first kappa shape index (κ1) is 8.18. The predicted octanol–water partition coefficient (Wildman–Crippen LogP) is 1.82. The van der Waals surface area contributed by atoms with Crippen LogP contribution in [0.2, 0.25) is 0 Å². The Balaban J connectivity index is 3.63. The zero-order chi connectivity index (χ0) is 6.57. The Bertz CT molecular complexity index is 88.5. The molecule has 8 heavy (non-hydrogen) atoms. The van der Waals surface area contributed by atoms with Gasteiger partial charge < -0.3 is 5.11 Å². The lowest BCUT2D eigenvalue weighted by Gasteiger charge is -2.04. The quantitative estimate of drug-likeness (QED) is 0.436. The highest BCUT2D eigenvalue weighted by molar-refractivity contribution is 7.97. The second-order valence-corrected chi connectivity index (χ2v) is 2.80. The molecular formula is C6H14OS. The molecule has 0 bridgehead atoms. The van der Waals surface area contributed by atoms with Gasteiger partial charge in [0, 0.05) is 5.92 Å². The molecule has 0 spiro atoms. The summed E-state index contributed by atoms with van der Waals surface area (Å²) in [6.45, 7) is 4.11. The summed E-state index contributed by atoms with van der Waals surface area (Å²) in [5, 5.41) is 9.63. The molecule has 0 amide bonds. The minimum absolute atomic E-state index is 0.377. The van der Waals surface area contributed by atoms with Crippen LogP contribution in [0.4, 0.5) is 0 Å². The number of thiol groups is 1. The molecule has 50 valence electrons. The molecule has 1 unspecified atom stereocenters. The van der Waals surface area contributed by atoms with E-state index < -0.39 is 0 Å². The van der Waals surface area contributed by atoms with Gasteiger partial charge in [0.1, 0.15) is 0 Å². The van der Waals surface area contributed by atoms with Gasteiger partial charge in [-0.2, -0.15) is 11.4 Å². The highest BCUT2D eigenvalue weighted by Gasteiger charge is 1.99. The van der Waals surface area contributed by atoms with Gasteiger partial charge in [0.25, 0.3) is 0 Å². The Morgan fingerprint density at radius 1 is 1.75 bits per heavy atom. The van der Waals surface area contributed by atoms with Crippen LogP contribution in [0.1, 0.15) is 20.3 Å². The highest BCUT2D eigenvalue weighted by atomic mass is 32.1. The van der Waals surface area contributed by atoms with Crippen LogP contribution in [0, 0.1) is 5.92 Å². The first-order valence-corrected chi connectivity index (χ1v) is 4.22. The van der Waals surface area contributed by atoms with Crippen LogP contribution in [-0.2, 0) is 0 Å². The van der Waals surface area contributed by atoms with E-state index in [0.29, 0.717) is 11.0 Å². The topological polar surface area (TPSA) is 20.2 Å². The average molecular weight is 134 g/mol. The molecule has 0 heterocycles. The van der Waals surface area contributed by atoms with Gasteiger partial charge in [-0.3, -0.25) is 0 Å². The van der Waals surface area contributed by atoms with Crippen molar-refractivity contribution in [2.75, 3.05) is 6.26 Å². The molecule has 0 aromatic carbocycles. The summed E-state index contributed by atoms with van der Waals surface area (Å²) < 4.78 is 0. The molecule has 1 nitrogen and oxygen atoms in total. The van der Waals surface area contributed by atoms with Crippen molar-refractivity contribution < 1.29 is 5.11 Å². The SMILES string of the molecule is CCC(C)C(O)=[SH]C. The lowest BCUT2D eigenvalue weighted by atomic mass is 10.1. The Morgan fingerprint density at radius 3 is 2.38 bits per heavy atom. The lowest BCUT2D eigenvalue weighted by Crippen LogP contribution is -2.05. The van der Waals surface area contributed by atoms with Crippen molar-refractivity contribution in [1.29, 1.82) is 0 Å². The molecule has 0 aliphatic heterocycles. The van der Waals surface area contributed by atoms with E-state index in [0.717, 1.165) is 17.8 Å². The molecule has 0 aliphatic rings. The highest BCUT2D eigenvalue weighted by Crippen LogP contribution is 2.03. The third-order valence-electron chi connectivity index (χ3n) is 1.28. The molecule has 0 rings (SSSR count). The minimum atomic E-state index is 0.377. The normalized spacial score (nSPS) is 17.2. The molecule has 0 fully saturated rings. The number of hydrogen-bond donors (Lipinski definition) is 2. The zero-order valence-electron chi connectivity index (χ0n) is 5.68. The number of aliphatic hydroxyl groups excluding tert-OH is 1. The summed E-state index contributed by atoms with van der Waals surface area (Å²) in [5.74, 6) is 0.377. The molecule has 0 saturated heterocycles.